The number of hydrogen-bond acceptors (Lipinski definition) is 4. The molecule has 43 heavy (non-hydrogen) atoms. The molecule has 212 valence electrons. The third-order valence-electron chi connectivity index (χ3n) is 8.05. The molecule has 5 aromatic carbocycles. The van der Waals surface area contributed by atoms with Crippen LogP contribution >= 0.6 is 11.3 Å². The van der Waals surface area contributed by atoms with Gasteiger partial charge in [0.15, 0.2) is 0 Å². The van der Waals surface area contributed by atoms with E-state index in [9.17, 15) is 0 Å². The Hall–Kier alpha value is -4.27. The molecule has 0 amide bonds. The van der Waals surface area contributed by atoms with Gasteiger partial charge in [-0.25, -0.2) is 0 Å². The quantitative estimate of drug-likeness (QED) is 0.138. The third-order valence-corrected chi connectivity index (χ3v) is 9.25. The van der Waals surface area contributed by atoms with Gasteiger partial charge in [0.1, 0.15) is 0 Å². The van der Waals surface area contributed by atoms with Gasteiger partial charge in [-0.2, -0.15) is 30.3 Å². The van der Waals surface area contributed by atoms with Gasteiger partial charge in [0.2, 0.25) is 0 Å². The maximum absolute atomic E-state index is 6.33. The Balaban J connectivity index is 0.00000300. The van der Waals surface area contributed by atoms with Gasteiger partial charge in [-0.05, 0) is 34.9 Å². The van der Waals surface area contributed by atoms with Crippen LogP contribution in [0.5, 0.6) is 11.5 Å². The van der Waals surface area contributed by atoms with Crippen LogP contribution in [0, 0.1) is 18.2 Å². The fraction of sp³-hybridized carbons (Fsp3) is 0.0789. The van der Waals surface area contributed by atoms with Crippen molar-refractivity contribution in [1.82, 2.24) is 4.98 Å². The second kappa shape index (κ2) is 10.8. The van der Waals surface area contributed by atoms with Crippen LogP contribution in [0.1, 0.15) is 25.0 Å². The van der Waals surface area contributed by atoms with Crippen LogP contribution in [0.3, 0.4) is 0 Å². The Labute approximate surface area is 269 Å². The molecular formula is C38H25N2OPdS-3. The molecule has 0 bridgehead atoms. The topological polar surface area (TPSA) is 25.4 Å². The van der Waals surface area contributed by atoms with E-state index >= 15 is 0 Å². The van der Waals surface area contributed by atoms with E-state index in [2.05, 4.69) is 96.5 Å². The molecule has 5 heteroatoms. The molecule has 0 unspecified atom stereocenters. The van der Waals surface area contributed by atoms with Gasteiger partial charge in [-0.15, -0.1) is 58.9 Å². The van der Waals surface area contributed by atoms with Gasteiger partial charge in [0, 0.05) is 64.0 Å². The summed E-state index contributed by atoms with van der Waals surface area (Å²) < 4.78 is 8.96. The first-order chi connectivity index (χ1) is 20.6. The second-order valence-electron chi connectivity index (χ2n) is 11.0. The van der Waals surface area contributed by atoms with E-state index in [4.69, 9.17) is 4.74 Å². The second-order valence-corrected chi connectivity index (χ2v) is 12.0. The minimum Gasteiger partial charge on any atom is -0.503 e. The number of benzene rings is 5. The first-order valence-electron chi connectivity index (χ1n) is 14.0. The summed E-state index contributed by atoms with van der Waals surface area (Å²) >= 11 is 1.87. The van der Waals surface area contributed by atoms with Crippen molar-refractivity contribution < 1.29 is 25.2 Å². The van der Waals surface area contributed by atoms with Crippen LogP contribution in [-0.2, 0) is 25.8 Å². The molecule has 0 atom stereocenters. The molecule has 0 N–H and O–H groups in total. The van der Waals surface area contributed by atoms with E-state index in [1.807, 2.05) is 65.9 Å². The van der Waals surface area contributed by atoms with E-state index in [-0.39, 0.29) is 25.8 Å². The zero-order valence-electron chi connectivity index (χ0n) is 23.5. The third kappa shape index (κ3) is 4.56. The Morgan fingerprint density at radius 2 is 1.58 bits per heavy atom. The summed E-state index contributed by atoms with van der Waals surface area (Å²) in [6.07, 6.45) is 1.78. The predicted octanol–water partition coefficient (Wildman–Crippen LogP) is 10.4. The molecule has 0 radical (unpaired) electrons. The fourth-order valence-corrected chi connectivity index (χ4v) is 7.52. The minimum absolute atomic E-state index is 0. The summed E-state index contributed by atoms with van der Waals surface area (Å²) in [5, 5.41) is 2.61. The van der Waals surface area contributed by atoms with E-state index in [0.717, 1.165) is 28.3 Å². The van der Waals surface area contributed by atoms with Gasteiger partial charge >= 0.3 is 0 Å². The Morgan fingerprint density at radius 3 is 2.44 bits per heavy atom. The maximum atomic E-state index is 6.33. The first kappa shape index (κ1) is 27.6. The Kier molecular flexibility index (Phi) is 6.91. The summed E-state index contributed by atoms with van der Waals surface area (Å²) in [5.41, 5.74) is 7.16. The number of ether oxygens (including phenoxy) is 1. The number of nitrogens with zero attached hydrogens (tertiary/aromatic N) is 2. The van der Waals surface area contributed by atoms with Gasteiger partial charge < -0.3 is 14.6 Å². The van der Waals surface area contributed by atoms with Crippen LogP contribution in [-0.4, -0.2) is 4.98 Å². The number of rotatable bonds is 4. The Bertz CT molecular complexity index is 2120. The van der Waals surface area contributed by atoms with E-state index in [1.165, 1.54) is 31.3 Å². The normalized spacial score (nSPS) is 13.3. The number of pyridine rings is 1. The molecule has 8 rings (SSSR count). The van der Waals surface area contributed by atoms with Crippen LogP contribution in [0.15, 0.2) is 115 Å². The van der Waals surface area contributed by atoms with E-state index in [0.29, 0.717) is 11.5 Å². The number of hydrogen-bond donors (Lipinski definition) is 0. The molecule has 3 nitrogen and oxygen atoms in total. The van der Waals surface area contributed by atoms with Crippen molar-refractivity contribution in [2.24, 2.45) is 0 Å². The molecule has 2 aromatic heterocycles. The molecule has 0 spiro atoms. The van der Waals surface area contributed by atoms with Gasteiger partial charge in [0.25, 0.3) is 0 Å². The van der Waals surface area contributed by atoms with E-state index in [1.54, 1.807) is 6.20 Å². The summed E-state index contributed by atoms with van der Waals surface area (Å²) in [4.78, 5) is 6.74. The molecule has 0 saturated carbocycles. The van der Waals surface area contributed by atoms with Crippen molar-refractivity contribution in [3.05, 3.63) is 145 Å². The van der Waals surface area contributed by atoms with Gasteiger partial charge in [-0.3, -0.25) is 0 Å². The average molecular weight is 664 g/mol. The number of anilines is 3. The van der Waals surface area contributed by atoms with Gasteiger partial charge in [-0.1, -0.05) is 67.7 Å². The molecule has 1 aliphatic heterocycles. The number of para-hydroxylation sites is 1. The van der Waals surface area contributed by atoms with Crippen molar-refractivity contribution in [3.8, 4) is 22.8 Å². The van der Waals surface area contributed by atoms with Crippen molar-refractivity contribution >= 4 is 48.6 Å². The van der Waals surface area contributed by atoms with Crippen LogP contribution < -0.4 is 9.64 Å². The van der Waals surface area contributed by atoms with Crippen molar-refractivity contribution in [2.75, 3.05) is 4.90 Å². The van der Waals surface area contributed by atoms with Gasteiger partial charge in [0.05, 0.1) is 0 Å². The molecule has 7 aromatic rings. The Morgan fingerprint density at radius 1 is 0.767 bits per heavy atom. The molecule has 3 heterocycles. The number of fused-ring (bicyclic) bond motifs is 6. The van der Waals surface area contributed by atoms with Crippen LogP contribution in [0.25, 0.3) is 31.4 Å². The summed E-state index contributed by atoms with van der Waals surface area (Å²) in [6, 6.07) is 47.7. The van der Waals surface area contributed by atoms with Crippen LogP contribution in [0.4, 0.5) is 17.1 Å². The van der Waals surface area contributed by atoms with E-state index < -0.39 is 0 Å². The average Bonchev–Trinajstić information content (AvgIpc) is 3.40. The summed E-state index contributed by atoms with van der Waals surface area (Å²) in [7, 11) is 0. The molecular weight excluding hydrogens is 639 g/mol. The zero-order chi connectivity index (χ0) is 28.3. The molecule has 0 fully saturated rings. The fourth-order valence-electron chi connectivity index (χ4n) is 6.12. The summed E-state index contributed by atoms with van der Waals surface area (Å²) in [6.45, 7) is 4.65. The summed E-state index contributed by atoms with van der Waals surface area (Å²) in [5.74, 6) is 1.24. The zero-order valence-corrected chi connectivity index (χ0v) is 25.9. The maximum Gasteiger partial charge on any atom is 0.0464 e. The number of thiophene rings is 1. The van der Waals surface area contributed by atoms with Crippen molar-refractivity contribution in [1.29, 1.82) is 0 Å². The smallest absolute Gasteiger partial charge is 0.0464 e. The van der Waals surface area contributed by atoms with Crippen molar-refractivity contribution in [3.63, 3.8) is 0 Å². The largest absolute Gasteiger partial charge is 0.503 e. The van der Waals surface area contributed by atoms with Crippen LogP contribution in [0.2, 0.25) is 0 Å². The minimum atomic E-state index is -0.214. The molecule has 0 saturated heterocycles. The number of aromatic nitrogens is 1. The molecule has 0 aliphatic carbocycles. The monoisotopic (exact) mass is 663 g/mol. The SMILES string of the molecule is CC1(C)c2ccc[c-]c2N(c2[c-]c(Oc3[c-]c(-c4ccccn4)ccc3)ccc2)c2ccc3c(sc4ccccc43)c21.[Pd]. The van der Waals surface area contributed by atoms with Crippen molar-refractivity contribution in [2.45, 2.75) is 19.3 Å². The standard InChI is InChI=1S/C38H25N2OS.Pd/c1-38(2)31-16-4-5-18-33(31)40(34-21-20-30-29-15-3-6-19-35(29)42-37(30)36(34)38)26-12-10-14-28(24-26)41-27-13-9-11-25(23-27)32-17-7-8-22-39-32;/h3-17,19-22H,1-2H3;/q-3;. The first-order valence-corrected chi connectivity index (χ1v) is 14.8. The predicted molar refractivity (Wildman–Crippen MR) is 172 cm³/mol. The molecule has 1 aliphatic rings.